The second-order valence-corrected chi connectivity index (χ2v) is 4.06. The Morgan fingerprint density at radius 2 is 2.16 bits per heavy atom. The Hall–Kier alpha value is -1.14. The van der Waals surface area contributed by atoms with Gasteiger partial charge in [0.1, 0.15) is 0 Å². The number of nitrogens with zero attached hydrogens (tertiary/aromatic N) is 2. The fraction of sp³-hybridized carbons (Fsp3) is 0.333. The largest absolute Gasteiger partial charge is 0.478 e. The van der Waals surface area contributed by atoms with Gasteiger partial charge in [-0.15, -0.1) is 24.8 Å². The summed E-state index contributed by atoms with van der Waals surface area (Å²) >= 11 is 0. The predicted molar refractivity (Wildman–Crippen MR) is 75.7 cm³/mol. The average molecular weight is 307 g/mol. The molecule has 1 aromatic rings. The highest BCUT2D eigenvalue weighted by atomic mass is 35.5. The van der Waals surface area contributed by atoms with Crippen molar-refractivity contribution in [2.45, 2.75) is 12.6 Å². The van der Waals surface area contributed by atoms with E-state index in [-0.39, 0.29) is 30.4 Å². The van der Waals surface area contributed by atoms with Crippen molar-refractivity contribution in [1.29, 1.82) is 0 Å². The van der Waals surface area contributed by atoms with Gasteiger partial charge in [-0.25, -0.2) is 4.79 Å². The summed E-state index contributed by atoms with van der Waals surface area (Å²) in [5.41, 5.74) is 1.10. The molecule has 2 rings (SSSR count). The Labute approximate surface area is 123 Å². The average Bonchev–Trinajstić information content (AvgIpc) is 2.29. The van der Waals surface area contributed by atoms with Gasteiger partial charge in [0.05, 0.1) is 11.8 Å². The van der Waals surface area contributed by atoms with Gasteiger partial charge in [-0.1, -0.05) is 6.07 Å². The maximum absolute atomic E-state index is 10.9. The van der Waals surface area contributed by atoms with Crippen molar-refractivity contribution in [2.24, 2.45) is 0 Å². The Morgan fingerprint density at radius 3 is 2.74 bits per heavy atom. The number of carboxylic acid groups (broad SMARTS) is 1. The van der Waals surface area contributed by atoms with Crippen LogP contribution in [0.2, 0.25) is 0 Å². The summed E-state index contributed by atoms with van der Waals surface area (Å²) in [7, 11) is 0. The molecule has 0 saturated heterocycles. The molecule has 2 heterocycles. The molecule has 1 aliphatic rings. The number of rotatable bonds is 3. The number of carboxylic acids is 1. The number of aliphatic hydroxyl groups excluding tert-OH is 1. The van der Waals surface area contributed by atoms with Gasteiger partial charge in [0, 0.05) is 31.4 Å². The first kappa shape index (κ1) is 17.9. The topological polar surface area (TPSA) is 73.7 Å². The molecule has 19 heavy (non-hydrogen) atoms. The van der Waals surface area contributed by atoms with Gasteiger partial charge >= 0.3 is 5.97 Å². The zero-order valence-corrected chi connectivity index (χ0v) is 11.7. The van der Waals surface area contributed by atoms with Crippen LogP contribution in [0.1, 0.15) is 5.69 Å². The number of aliphatic hydroxyl groups is 1. The number of aliphatic carboxylic acids is 1. The van der Waals surface area contributed by atoms with Gasteiger partial charge in [-0.2, -0.15) is 0 Å². The fourth-order valence-electron chi connectivity index (χ4n) is 1.89. The van der Waals surface area contributed by atoms with Crippen molar-refractivity contribution in [2.75, 3.05) is 13.1 Å². The van der Waals surface area contributed by atoms with Crippen LogP contribution in [-0.2, 0) is 11.3 Å². The van der Waals surface area contributed by atoms with Crippen LogP contribution in [0.4, 0.5) is 0 Å². The Balaban J connectivity index is 0.00000162. The normalized spacial score (nSPS) is 18.8. The van der Waals surface area contributed by atoms with Crippen LogP contribution in [0.3, 0.4) is 0 Å². The second kappa shape index (κ2) is 8.12. The molecule has 0 radical (unpaired) electrons. The predicted octanol–water partition coefficient (Wildman–Crippen LogP) is 1.11. The van der Waals surface area contributed by atoms with E-state index in [4.69, 9.17) is 5.11 Å². The molecule has 2 N–H and O–H groups in total. The third-order valence-corrected chi connectivity index (χ3v) is 2.62. The zero-order chi connectivity index (χ0) is 12.3. The fourth-order valence-corrected chi connectivity index (χ4v) is 1.89. The molecule has 0 spiro atoms. The van der Waals surface area contributed by atoms with Crippen molar-refractivity contribution in [1.82, 2.24) is 9.88 Å². The molecule has 1 aromatic heterocycles. The van der Waals surface area contributed by atoms with Gasteiger partial charge in [0.2, 0.25) is 0 Å². The van der Waals surface area contributed by atoms with Crippen LogP contribution in [-0.4, -0.2) is 45.3 Å². The molecule has 0 aliphatic carbocycles. The van der Waals surface area contributed by atoms with E-state index in [0.29, 0.717) is 19.6 Å². The smallest absolute Gasteiger partial charge is 0.332 e. The molecular formula is C12H16Cl2N2O3. The summed E-state index contributed by atoms with van der Waals surface area (Å²) in [6.45, 7) is 1.32. The maximum atomic E-state index is 10.9. The number of aromatic nitrogens is 1. The number of β-amino-alcohol motifs (C(OH)–C–C–N with tert-alkyl or cyclic N) is 1. The summed E-state index contributed by atoms with van der Waals surface area (Å²) in [4.78, 5) is 16.9. The lowest BCUT2D eigenvalue weighted by Crippen LogP contribution is -2.38. The van der Waals surface area contributed by atoms with E-state index < -0.39 is 12.1 Å². The highest BCUT2D eigenvalue weighted by molar-refractivity contribution is 5.87. The minimum absolute atomic E-state index is 0. The number of pyridine rings is 1. The molecule has 1 atom stereocenters. The molecule has 0 fully saturated rings. The Kier molecular flexibility index (Phi) is 7.63. The highest BCUT2D eigenvalue weighted by Crippen LogP contribution is 2.13. The first-order chi connectivity index (χ1) is 8.15. The summed E-state index contributed by atoms with van der Waals surface area (Å²) in [5.74, 6) is -0.977. The molecule has 0 saturated carbocycles. The summed E-state index contributed by atoms with van der Waals surface area (Å²) in [6, 6.07) is 5.60. The quantitative estimate of drug-likeness (QED) is 0.875. The van der Waals surface area contributed by atoms with Crippen molar-refractivity contribution >= 4 is 30.8 Å². The minimum Gasteiger partial charge on any atom is -0.478 e. The van der Waals surface area contributed by atoms with E-state index in [9.17, 15) is 9.90 Å². The lowest BCUT2D eigenvalue weighted by atomic mass is 10.1. The third-order valence-electron chi connectivity index (χ3n) is 2.62. The molecule has 106 valence electrons. The number of halogens is 2. The lowest BCUT2D eigenvalue weighted by Gasteiger charge is -2.28. The van der Waals surface area contributed by atoms with E-state index in [0.717, 1.165) is 5.69 Å². The van der Waals surface area contributed by atoms with Gasteiger partial charge in [0.15, 0.2) is 0 Å². The van der Waals surface area contributed by atoms with Gasteiger partial charge in [-0.3, -0.25) is 9.88 Å². The van der Waals surface area contributed by atoms with Crippen LogP contribution in [0.25, 0.3) is 0 Å². The third kappa shape index (κ3) is 5.16. The van der Waals surface area contributed by atoms with Crippen molar-refractivity contribution in [3.05, 3.63) is 41.7 Å². The standard InChI is InChI=1S/C12H14N2O3.2ClH/c15-11-5-9(12(16)17)6-14(8-11)7-10-3-1-2-4-13-10;;/h1-5,11,15H,6-8H2,(H,16,17);2*1H. The summed E-state index contributed by atoms with van der Waals surface area (Å²) in [5, 5.41) is 18.5. The van der Waals surface area contributed by atoms with E-state index >= 15 is 0 Å². The number of carbonyl (C=O) groups is 1. The van der Waals surface area contributed by atoms with Gasteiger partial charge in [-0.05, 0) is 18.2 Å². The van der Waals surface area contributed by atoms with E-state index in [1.165, 1.54) is 6.08 Å². The zero-order valence-electron chi connectivity index (χ0n) is 10.1. The monoisotopic (exact) mass is 306 g/mol. The van der Waals surface area contributed by atoms with Crippen LogP contribution < -0.4 is 0 Å². The van der Waals surface area contributed by atoms with Gasteiger partial charge < -0.3 is 10.2 Å². The summed E-state index contributed by atoms with van der Waals surface area (Å²) < 4.78 is 0. The molecule has 0 bridgehead atoms. The van der Waals surface area contributed by atoms with Crippen molar-refractivity contribution < 1.29 is 15.0 Å². The molecule has 7 heteroatoms. The Bertz CT molecular complexity index is 440. The SMILES string of the molecule is Cl.Cl.O=C(O)C1=CC(O)CN(Cc2ccccn2)C1. The summed E-state index contributed by atoms with van der Waals surface area (Å²) in [6.07, 6.45) is 2.37. The minimum atomic E-state index is -0.977. The first-order valence-electron chi connectivity index (χ1n) is 5.39. The van der Waals surface area contributed by atoms with E-state index in [1.54, 1.807) is 6.20 Å². The van der Waals surface area contributed by atoms with E-state index in [2.05, 4.69) is 4.98 Å². The highest BCUT2D eigenvalue weighted by Gasteiger charge is 2.22. The Morgan fingerprint density at radius 1 is 1.42 bits per heavy atom. The van der Waals surface area contributed by atoms with Crippen LogP contribution in [0, 0.1) is 0 Å². The number of hydrogen-bond donors (Lipinski definition) is 2. The molecule has 1 aliphatic heterocycles. The molecule has 0 aromatic carbocycles. The molecular weight excluding hydrogens is 291 g/mol. The number of hydrogen-bond acceptors (Lipinski definition) is 4. The first-order valence-corrected chi connectivity index (χ1v) is 5.39. The van der Waals surface area contributed by atoms with Crippen LogP contribution >= 0.6 is 24.8 Å². The van der Waals surface area contributed by atoms with Crippen LogP contribution in [0.5, 0.6) is 0 Å². The van der Waals surface area contributed by atoms with Crippen molar-refractivity contribution in [3.8, 4) is 0 Å². The van der Waals surface area contributed by atoms with Crippen LogP contribution in [0.15, 0.2) is 36.0 Å². The lowest BCUT2D eigenvalue weighted by molar-refractivity contribution is -0.133. The second-order valence-electron chi connectivity index (χ2n) is 4.06. The van der Waals surface area contributed by atoms with Crippen molar-refractivity contribution in [3.63, 3.8) is 0 Å². The molecule has 1 unspecified atom stereocenters. The molecule has 5 nitrogen and oxygen atoms in total. The molecule has 0 amide bonds. The maximum Gasteiger partial charge on any atom is 0.332 e. The van der Waals surface area contributed by atoms with Gasteiger partial charge in [0.25, 0.3) is 0 Å². The van der Waals surface area contributed by atoms with E-state index in [1.807, 2.05) is 23.1 Å².